The normalized spacial score (nSPS) is 12.8. The summed E-state index contributed by atoms with van der Waals surface area (Å²) in [5.41, 5.74) is 5.13. The van der Waals surface area contributed by atoms with Crippen molar-refractivity contribution < 1.29 is 24.2 Å². The van der Waals surface area contributed by atoms with Crippen LogP contribution >= 0.6 is 0 Å². The Hall–Kier alpha value is -4.13. The van der Waals surface area contributed by atoms with Crippen molar-refractivity contribution >= 4 is 18.0 Å². The standard InChI is InChI=1S/C28H28N2O5/c31-25(32)16-8-9-17-29-27(33)26(19-10-2-1-3-11-19)30-28(34)35-18-24-22-14-6-4-12-20(22)21-13-5-7-15-23(21)24/h1-7,10-15,24,26H,8-9,16-18H2,(H,29,33)(H,30,34)(H,31,32). The van der Waals surface area contributed by atoms with E-state index in [4.69, 9.17) is 9.84 Å². The quantitative estimate of drug-likeness (QED) is 0.373. The van der Waals surface area contributed by atoms with Crippen LogP contribution in [0, 0.1) is 0 Å². The minimum atomic E-state index is -0.925. The number of carboxylic acid groups (broad SMARTS) is 1. The van der Waals surface area contributed by atoms with Crippen molar-refractivity contribution in [1.82, 2.24) is 10.6 Å². The van der Waals surface area contributed by atoms with Crippen LogP contribution in [0.2, 0.25) is 0 Å². The van der Waals surface area contributed by atoms with Crippen LogP contribution in [-0.4, -0.2) is 36.2 Å². The first kappa shape index (κ1) is 24.0. The van der Waals surface area contributed by atoms with Gasteiger partial charge >= 0.3 is 12.1 Å². The molecule has 3 aromatic carbocycles. The highest BCUT2D eigenvalue weighted by molar-refractivity contribution is 5.87. The zero-order chi connectivity index (χ0) is 24.6. The molecule has 3 aromatic rings. The number of aliphatic carboxylic acids is 1. The number of carboxylic acids is 1. The van der Waals surface area contributed by atoms with Crippen LogP contribution in [0.5, 0.6) is 0 Å². The van der Waals surface area contributed by atoms with E-state index in [0.717, 1.165) is 22.3 Å². The molecular formula is C28H28N2O5. The lowest BCUT2D eigenvalue weighted by molar-refractivity contribution is -0.137. The Bertz CT molecular complexity index is 1150. The van der Waals surface area contributed by atoms with Gasteiger partial charge < -0.3 is 20.5 Å². The average molecular weight is 473 g/mol. The summed E-state index contributed by atoms with van der Waals surface area (Å²) in [5, 5.41) is 14.2. The second-order valence-corrected chi connectivity index (χ2v) is 8.46. The van der Waals surface area contributed by atoms with Crippen LogP contribution in [0.25, 0.3) is 11.1 Å². The number of benzene rings is 3. The molecule has 1 aliphatic rings. The van der Waals surface area contributed by atoms with Crippen molar-refractivity contribution in [3.63, 3.8) is 0 Å². The first-order chi connectivity index (χ1) is 17.0. The number of ether oxygens (including phenoxy) is 1. The highest BCUT2D eigenvalue weighted by atomic mass is 16.5. The van der Waals surface area contributed by atoms with E-state index in [9.17, 15) is 14.4 Å². The van der Waals surface area contributed by atoms with Gasteiger partial charge in [-0.2, -0.15) is 0 Å². The number of hydrogen-bond donors (Lipinski definition) is 3. The van der Waals surface area contributed by atoms with Crippen molar-refractivity contribution in [2.45, 2.75) is 31.2 Å². The smallest absolute Gasteiger partial charge is 0.408 e. The van der Waals surface area contributed by atoms with Crippen molar-refractivity contribution in [3.8, 4) is 11.1 Å². The van der Waals surface area contributed by atoms with Gasteiger partial charge in [-0.25, -0.2) is 4.79 Å². The third-order valence-corrected chi connectivity index (χ3v) is 6.12. The van der Waals surface area contributed by atoms with E-state index in [1.165, 1.54) is 0 Å². The van der Waals surface area contributed by atoms with E-state index in [2.05, 4.69) is 22.8 Å². The molecule has 0 aliphatic heterocycles. The van der Waals surface area contributed by atoms with Crippen LogP contribution < -0.4 is 10.6 Å². The maximum absolute atomic E-state index is 12.9. The third-order valence-electron chi connectivity index (χ3n) is 6.12. The highest BCUT2D eigenvalue weighted by Crippen LogP contribution is 2.44. The molecule has 0 radical (unpaired) electrons. The summed E-state index contributed by atoms with van der Waals surface area (Å²) in [7, 11) is 0. The number of carbonyl (C=O) groups is 3. The molecule has 180 valence electrons. The number of amides is 2. The van der Waals surface area contributed by atoms with Gasteiger partial charge in [0.05, 0.1) is 0 Å². The van der Waals surface area contributed by atoms with E-state index in [1.54, 1.807) is 24.3 Å². The predicted octanol–water partition coefficient (Wildman–Crippen LogP) is 4.64. The third kappa shape index (κ3) is 5.87. The second-order valence-electron chi connectivity index (χ2n) is 8.46. The molecule has 7 heteroatoms. The minimum Gasteiger partial charge on any atom is -0.481 e. The molecule has 1 atom stereocenters. The Morgan fingerprint density at radius 2 is 1.43 bits per heavy atom. The number of alkyl carbamates (subject to hydrolysis) is 1. The van der Waals surface area contributed by atoms with Crippen LogP contribution in [0.3, 0.4) is 0 Å². The molecule has 0 saturated carbocycles. The Balaban J connectivity index is 1.39. The molecule has 1 unspecified atom stereocenters. The Morgan fingerprint density at radius 3 is 2.06 bits per heavy atom. The maximum atomic E-state index is 12.9. The van der Waals surface area contributed by atoms with Crippen molar-refractivity contribution in [1.29, 1.82) is 0 Å². The highest BCUT2D eigenvalue weighted by Gasteiger charge is 2.30. The summed E-state index contributed by atoms with van der Waals surface area (Å²) in [6.07, 6.45) is 0.369. The molecule has 4 rings (SSSR count). The summed E-state index contributed by atoms with van der Waals surface area (Å²) in [6, 6.07) is 24.2. The predicted molar refractivity (Wildman–Crippen MR) is 132 cm³/mol. The van der Waals surface area contributed by atoms with E-state index >= 15 is 0 Å². The lowest BCUT2D eigenvalue weighted by Crippen LogP contribution is -2.41. The first-order valence-corrected chi connectivity index (χ1v) is 11.7. The molecule has 0 spiro atoms. The fraction of sp³-hybridized carbons (Fsp3) is 0.250. The minimum absolute atomic E-state index is 0.0516. The molecule has 0 saturated heterocycles. The summed E-state index contributed by atoms with van der Waals surface area (Å²) < 4.78 is 5.62. The SMILES string of the molecule is O=C(O)CCCCNC(=O)C(NC(=O)OCC1c2ccccc2-c2ccccc21)c1ccccc1. The Morgan fingerprint density at radius 1 is 0.829 bits per heavy atom. The number of nitrogens with one attached hydrogen (secondary N) is 2. The van der Waals surface area contributed by atoms with Gasteiger partial charge in [0.2, 0.25) is 5.91 Å². The van der Waals surface area contributed by atoms with Crippen LogP contribution in [0.1, 0.15) is 47.9 Å². The topological polar surface area (TPSA) is 105 Å². The van der Waals surface area contributed by atoms with E-state index < -0.39 is 18.1 Å². The van der Waals surface area contributed by atoms with Gasteiger partial charge in [0, 0.05) is 18.9 Å². The summed E-state index contributed by atoms with van der Waals surface area (Å²) in [4.78, 5) is 36.3. The van der Waals surface area contributed by atoms with Crippen molar-refractivity contribution in [3.05, 3.63) is 95.6 Å². The molecule has 7 nitrogen and oxygen atoms in total. The van der Waals surface area contributed by atoms with E-state index in [1.807, 2.05) is 42.5 Å². The summed E-state index contributed by atoms with van der Waals surface area (Å²) in [5.74, 6) is -1.32. The first-order valence-electron chi connectivity index (χ1n) is 11.7. The molecule has 0 heterocycles. The van der Waals surface area contributed by atoms with Crippen LogP contribution in [0.15, 0.2) is 78.9 Å². The Kier molecular flexibility index (Phi) is 7.77. The second kappa shape index (κ2) is 11.3. The molecule has 3 N–H and O–H groups in total. The number of hydrogen-bond acceptors (Lipinski definition) is 4. The molecule has 0 fully saturated rings. The lowest BCUT2D eigenvalue weighted by Gasteiger charge is -2.20. The van der Waals surface area contributed by atoms with Crippen LogP contribution in [0.4, 0.5) is 4.79 Å². The summed E-state index contributed by atoms with van der Waals surface area (Å²) in [6.45, 7) is 0.472. The molecule has 2 amide bonds. The van der Waals surface area contributed by atoms with Gasteiger partial charge in [0.15, 0.2) is 0 Å². The monoisotopic (exact) mass is 472 g/mol. The largest absolute Gasteiger partial charge is 0.481 e. The van der Waals surface area contributed by atoms with Gasteiger partial charge in [-0.15, -0.1) is 0 Å². The number of fused-ring (bicyclic) bond motifs is 3. The van der Waals surface area contributed by atoms with E-state index in [-0.39, 0.29) is 24.9 Å². The molecule has 1 aliphatic carbocycles. The molecule has 0 bridgehead atoms. The van der Waals surface area contributed by atoms with Crippen LogP contribution in [-0.2, 0) is 14.3 Å². The maximum Gasteiger partial charge on any atom is 0.408 e. The van der Waals surface area contributed by atoms with Gasteiger partial charge in [0.25, 0.3) is 0 Å². The van der Waals surface area contributed by atoms with Crippen molar-refractivity contribution in [2.75, 3.05) is 13.2 Å². The Labute approximate surface area is 204 Å². The summed E-state index contributed by atoms with van der Waals surface area (Å²) >= 11 is 0. The number of rotatable bonds is 10. The van der Waals surface area contributed by atoms with E-state index in [0.29, 0.717) is 24.9 Å². The van der Waals surface area contributed by atoms with Gasteiger partial charge in [0.1, 0.15) is 12.6 Å². The lowest BCUT2D eigenvalue weighted by atomic mass is 9.98. The fourth-order valence-corrected chi connectivity index (χ4v) is 4.42. The van der Waals surface area contributed by atoms with Gasteiger partial charge in [-0.3, -0.25) is 9.59 Å². The van der Waals surface area contributed by atoms with Gasteiger partial charge in [-0.05, 0) is 40.7 Å². The number of unbranched alkanes of at least 4 members (excludes halogenated alkanes) is 1. The van der Waals surface area contributed by atoms with Crippen molar-refractivity contribution in [2.24, 2.45) is 0 Å². The fourth-order valence-electron chi connectivity index (χ4n) is 4.42. The zero-order valence-electron chi connectivity index (χ0n) is 19.3. The average Bonchev–Trinajstić information content (AvgIpc) is 3.19. The molecule has 35 heavy (non-hydrogen) atoms. The molecule has 0 aromatic heterocycles. The van der Waals surface area contributed by atoms with Gasteiger partial charge in [-0.1, -0.05) is 78.9 Å². The zero-order valence-corrected chi connectivity index (χ0v) is 19.3. The number of carbonyl (C=O) groups excluding carboxylic acids is 2. The molecular weight excluding hydrogens is 444 g/mol.